The summed E-state index contributed by atoms with van der Waals surface area (Å²) in [6.07, 6.45) is 0.705. The molecule has 0 bridgehead atoms. The highest BCUT2D eigenvalue weighted by atomic mass is 79.9. The van der Waals surface area contributed by atoms with E-state index >= 15 is 0 Å². The molecule has 0 saturated carbocycles. The van der Waals surface area contributed by atoms with E-state index in [9.17, 15) is 5.11 Å². The molecule has 2 aromatic carbocycles. The zero-order valence-electron chi connectivity index (χ0n) is 11.4. The molecule has 0 radical (unpaired) electrons. The van der Waals surface area contributed by atoms with Gasteiger partial charge in [0.2, 0.25) is 0 Å². The van der Waals surface area contributed by atoms with Crippen molar-refractivity contribution in [2.75, 3.05) is 5.33 Å². The molecule has 0 heterocycles. The molecule has 1 nitrogen and oxygen atoms in total. The molecule has 2 rings (SSSR count). The molecule has 0 saturated heterocycles. The van der Waals surface area contributed by atoms with E-state index in [4.69, 9.17) is 0 Å². The Hall–Kier alpha value is -1.12. The fourth-order valence-electron chi connectivity index (χ4n) is 2.17. The summed E-state index contributed by atoms with van der Waals surface area (Å²) in [4.78, 5) is 0. The van der Waals surface area contributed by atoms with Gasteiger partial charge < -0.3 is 5.11 Å². The van der Waals surface area contributed by atoms with Crippen molar-refractivity contribution < 1.29 is 5.11 Å². The molecular weight excluding hydrogens is 300 g/mol. The van der Waals surface area contributed by atoms with Crippen molar-refractivity contribution >= 4 is 15.9 Å². The van der Waals surface area contributed by atoms with Crippen molar-refractivity contribution in [2.45, 2.75) is 25.9 Å². The van der Waals surface area contributed by atoms with Crippen LogP contribution in [0.3, 0.4) is 0 Å². The molecule has 0 spiro atoms. The topological polar surface area (TPSA) is 20.2 Å². The van der Waals surface area contributed by atoms with Crippen LogP contribution >= 0.6 is 15.9 Å². The molecule has 0 fully saturated rings. The first-order valence-corrected chi connectivity index (χ1v) is 7.61. The normalized spacial score (nSPS) is 14.1. The van der Waals surface area contributed by atoms with E-state index in [1.54, 1.807) is 0 Å². The number of aryl methyl sites for hydroxylation is 1. The summed E-state index contributed by atoms with van der Waals surface area (Å²) in [6, 6.07) is 16.6. The molecule has 0 amide bonds. The van der Waals surface area contributed by atoms with Gasteiger partial charge in [0.25, 0.3) is 0 Å². The van der Waals surface area contributed by atoms with Gasteiger partial charge in [-0.25, -0.2) is 0 Å². The van der Waals surface area contributed by atoms with Crippen LogP contribution in [0, 0.1) is 6.92 Å². The number of hydrogen-bond donors (Lipinski definition) is 1. The summed E-state index contributed by atoms with van der Waals surface area (Å²) in [6.45, 7) is 3.95. The molecular formula is C17H19BrO. The number of aliphatic hydroxyl groups is 1. The number of rotatable bonds is 4. The van der Waals surface area contributed by atoms with Crippen LogP contribution in [0.15, 0.2) is 48.5 Å². The van der Waals surface area contributed by atoms with E-state index in [1.807, 2.05) is 19.1 Å². The maximum absolute atomic E-state index is 10.4. The van der Waals surface area contributed by atoms with Crippen LogP contribution in [0.4, 0.5) is 0 Å². The van der Waals surface area contributed by atoms with E-state index in [-0.39, 0.29) is 0 Å². The van der Waals surface area contributed by atoms with Crippen LogP contribution in [0.2, 0.25) is 0 Å². The van der Waals surface area contributed by atoms with Crippen LogP contribution in [-0.4, -0.2) is 10.4 Å². The number of alkyl halides is 1. The summed E-state index contributed by atoms with van der Waals surface area (Å²) in [5.74, 6) is 0. The lowest BCUT2D eigenvalue weighted by molar-refractivity contribution is 0.0547. The van der Waals surface area contributed by atoms with Gasteiger partial charge in [-0.15, -0.1) is 0 Å². The molecule has 2 heteroatoms. The summed E-state index contributed by atoms with van der Waals surface area (Å²) in [5.41, 5.74) is 3.85. The highest BCUT2D eigenvalue weighted by Crippen LogP contribution is 2.28. The Morgan fingerprint density at radius 3 is 2.32 bits per heavy atom. The van der Waals surface area contributed by atoms with Crippen molar-refractivity contribution in [3.05, 3.63) is 59.7 Å². The van der Waals surface area contributed by atoms with Crippen LogP contribution in [0.1, 0.15) is 24.5 Å². The first-order chi connectivity index (χ1) is 9.03. The summed E-state index contributed by atoms with van der Waals surface area (Å²) in [7, 11) is 0. The smallest absolute Gasteiger partial charge is 0.0876 e. The molecule has 1 unspecified atom stereocenters. The Labute approximate surface area is 123 Å². The van der Waals surface area contributed by atoms with Crippen LogP contribution < -0.4 is 0 Å². The van der Waals surface area contributed by atoms with E-state index in [0.717, 1.165) is 10.9 Å². The molecule has 0 aliphatic heterocycles. The monoisotopic (exact) mass is 318 g/mol. The Morgan fingerprint density at radius 1 is 1.05 bits per heavy atom. The first-order valence-electron chi connectivity index (χ1n) is 6.49. The lowest BCUT2D eigenvalue weighted by Gasteiger charge is -2.23. The van der Waals surface area contributed by atoms with E-state index in [0.29, 0.717) is 6.42 Å². The highest BCUT2D eigenvalue weighted by molar-refractivity contribution is 9.09. The Kier molecular flexibility index (Phi) is 4.43. The van der Waals surface area contributed by atoms with Gasteiger partial charge in [0, 0.05) is 5.33 Å². The predicted molar refractivity (Wildman–Crippen MR) is 84.6 cm³/mol. The molecule has 1 atom stereocenters. The molecule has 2 aromatic rings. The average Bonchev–Trinajstić information content (AvgIpc) is 2.39. The van der Waals surface area contributed by atoms with Crippen molar-refractivity contribution in [3.8, 4) is 11.1 Å². The van der Waals surface area contributed by atoms with Gasteiger partial charge in [0.1, 0.15) is 0 Å². The molecule has 0 aliphatic rings. The standard InChI is InChI=1S/C17H19BrO/c1-13-4-3-5-15(12-13)14-6-8-16(9-7-14)17(2,19)10-11-18/h3-9,12,19H,10-11H2,1-2H3. The molecule has 19 heavy (non-hydrogen) atoms. The summed E-state index contributed by atoms with van der Waals surface area (Å²) >= 11 is 3.38. The predicted octanol–water partition coefficient (Wildman–Crippen LogP) is 4.65. The zero-order valence-corrected chi connectivity index (χ0v) is 12.9. The zero-order chi connectivity index (χ0) is 13.9. The van der Waals surface area contributed by atoms with Crippen molar-refractivity contribution in [1.29, 1.82) is 0 Å². The molecule has 100 valence electrons. The first kappa shape index (κ1) is 14.3. The van der Waals surface area contributed by atoms with Crippen LogP contribution in [0.25, 0.3) is 11.1 Å². The van der Waals surface area contributed by atoms with Crippen molar-refractivity contribution in [1.82, 2.24) is 0 Å². The van der Waals surface area contributed by atoms with E-state index in [2.05, 4.69) is 59.3 Å². The maximum Gasteiger partial charge on any atom is 0.0876 e. The van der Waals surface area contributed by atoms with Gasteiger partial charge in [0.05, 0.1) is 5.60 Å². The van der Waals surface area contributed by atoms with Crippen molar-refractivity contribution in [2.24, 2.45) is 0 Å². The Bertz CT molecular complexity index is 543. The molecule has 0 aromatic heterocycles. The van der Waals surface area contributed by atoms with Gasteiger partial charge in [-0.3, -0.25) is 0 Å². The van der Waals surface area contributed by atoms with Crippen LogP contribution in [-0.2, 0) is 5.60 Å². The highest BCUT2D eigenvalue weighted by Gasteiger charge is 2.21. The fraction of sp³-hybridized carbons (Fsp3) is 0.294. The Morgan fingerprint density at radius 2 is 1.74 bits per heavy atom. The minimum Gasteiger partial charge on any atom is -0.385 e. The second kappa shape index (κ2) is 5.89. The van der Waals surface area contributed by atoms with Gasteiger partial charge in [-0.2, -0.15) is 0 Å². The van der Waals surface area contributed by atoms with E-state index in [1.165, 1.54) is 16.7 Å². The third-order valence-corrected chi connectivity index (χ3v) is 3.84. The van der Waals surface area contributed by atoms with Gasteiger partial charge in [-0.05, 0) is 37.0 Å². The molecule has 1 N–H and O–H groups in total. The SMILES string of the molecule is Cc1cccc(-c2ccc(C(C)(O)CCBr)cc2)c1. The average molecular weight is 319 g/mol. The molecule has 0 aliphatic carbocycles. The quantitative estimate of drug-likeness (QED) is 0.813. The van der Waals surface area contributed by atoms with Crippen LogP contribution in [0.5, 0.6) is 0 Å². The maximum atomic E-state index is 10.4. The number of hydrogen-bond acceptors (Lipinski definition) is 1. The minimum absolute atomic E-state index is 0.705. The Balaban J connectivity index is 2.28. The summed E-state index contributed by atoms with van der Waals surface area (Å²) < 4.78 is 0. The third-order valence-electron chi connectivity index (χ3n) is 3.44. The second-order valence-corrected chi connectivity index (χ2v) is 5.95. The van der Waals surface area contributed by atoms with Crippen molar-refractivity contribution in [3.63, 3.8) is 0 Å². The fourth-order valence-corrected chi connectivity index (χ4v) is 2.95. The number of halogens is 1. The largest absolute Gasteiger partial charge is 0.385 e. The van der Waals surface area contributed by atoms with Gasteiger partial charge in [-0.1, -0.05) is 70.0 Å². The summed E-state index contributed by atoms with van der Waals surface area (Å²) in [5, 5.41) is 11.2. The third kappa shape index (κ3) is 3.46. The lowest BCUT2D eigenvalue weighted by Crippen LogP contribution is -2.21. The van der Waals surface area contributed by atoms with Gasteiger partial charge >= 0.3 is 0 Å². The van der Waals surface area contributed by atoms with E-state index < -0.39 is 5.60 Å². The number of benzene rings is 2. The minimum atomic E-state index is -0.769. The second-order valence-electron chi connectivity index (χ2n) is 5.16. The van der Waals surface area contributed by atoms with Gasteiger partial charge in [0.15, 0.2) is 0 Å². The lowest BCUT2D eigenvalue weighted by atomic mass is 9.91.